The van der Waals surface area contributed by atoms with Crippen LogP contribution in [0.1, 0.15) is 44.1 Å². The standard InChI is InChI=1S/C34H47N3O7S/c1-42-30-12-14-31(15-13-30)45(40,41)37(20-22-38)21-23-43-33-25-29(28-10-6-3-7-11-28)24-32(44-33)34(39)36-18-16-35(17-19-36)26-27-8-4-2-5-9-27/h2,4-5,8-9,12-15,24,28-29,33,38H,3,6-7,10-11,16-23,25-26H2,1H3/t29-,33+/m1/s1. The van der Waals surface area contributed by atoms with E-state index in [-0.39, 0.29) is 43.0 Å². The van der Waals surface area contributed by atoms with Crippen molar-refractivity contribution in [1.29, 1.82) is 0 Å². The number of rotatable bonds is 13. The molecule has 0 radical (unpaired) electrons. The molecular formula is C34H47N3O7S. The Hall–Kier alpha value is -2.96. The molecule has 2 heterocycles. The minimum Gasteiger partial charge on any atom is -0.497 e. The summed E-state index contributed by atoms with van der Waals surface area (Å²) < 4.78 is 45.4. The number of carbonyl (C=O) groups excluding carboxylic acids is 1. The number of aliphatic hydroxyl groups is 1. The molecule has 3 aliphatic rings. The third-order valence-electron chi connectivity index (χ3n) is 9.15. The Bertz CT molecular complexity index is 1360. The number of methoxy groups -OCH3 is 1. The van der Waals surface area contributed by atoms with Gasteiger partial charge in [-0.2, -0.15) is 4.31 Å². The van der Waals surface area contributed by atoms with E-state index in [0.717, 1.165) is 32.5 Å². The monoisotopic (exact) mass is 641 g/mol. The number of hydrogen-bond donors (Lipinski definition) is 1. The summed E-state index contributed by atoms with van der Waals surface area (Å²) in [7, 11) is -2.34. The maximum Gasteiger partial charge on any atom is 0.288 e. The van der Waals surface area contributed by atoms with E-state index in [4.69, 9.17) is 14.2 Å². The number of aliphatic hydroxyl groups excluding tert-OH is 1. The van der Waals surface area contributed by atoms with Gasteiger partial charge in [0.1, 0.15) is 5.75 Å². The molecule has 5 rings (SSSR count). The maximum absolute atomic E-state index is 13.7. The Balaban J connectivity index is 1.21. The summed E-state index contributed by atoms with van der Waals surface area (Å²) in [5, 5.41) is 9.62. The molecule has 0 bridgehead atoms. The summed E-state index contributed by atoms with van der Waals surface area (Å²) in [4.78, 5) is 18.1. The van der Waals surface area contributed by atoms with Crippen LogP contribution in [0, 0.1) is 11.8 Å². The van der Waals surface area contributed by atoms with E-state index in [9.17, 15) is 18.3 Å². The molecular weight excluding hydrogens is 594 g/mol. The van der Waals surface area contributed by atoms with Gasteiger partial charge in [-0.3, -0.25) is 9.69 Å². The first-order valence-electron chi connectivity index (χ1n) is 16.2. The molecule has 2 aromatic rings. The highest BCUT2D eigenvalue weighted by atomic mass is 32.2. The molecule has 10 nitrogen and oxygen atoms in total. The van der Waals surface area contributed by atoms with Gasteiger partial charge in [0.2, 0.25) is 16.3 Å². The molecule has 1 amide bonds. The molecule has 45 heavy (non-hydrogen) atoms. The zero-order valence-corrected chi connectivity index (χ0v) is 27.1. The van der Waals surface area contributed by atoms with Crippen LogP contribution in [-0.2, 0) is 30.8 Å². The van der Waals surface area contributed by atoms with Crippen LogP contribution in [0.2, 0.25) is 0 Å². The molecule has 0 unspecified atom stereocenters. The second kappa shape index (κ2) is 16.0. The Kier molecular flexibility index (Phi) is 11.9. The highest BCUT2D eigenvalue weighted by Gasteiger charge is 2.35. The fraction of sp³-hybridized carbons (Fsp3) is 0.559. The van der Waals surface area contributed by atoms with E-state index in [1.54, 1.807) is 12.1 Å². The first-order valence-corrected chi connectivity index (χ1v) is 17.6. The second-order valence-electron chi connectivity index (χ2n) is 12.1. The number of carbonyl (C=O) groups is 1. The second-order valence-corrected chi connectivity index (χ2v) is 14.0. The SMILES string of the molecule is COc1ccc(S(=O)(=O)N(CCO)CCO[C@@H]2C[C@H](C3CCCCC3)C=C(C(=O)N3CCN(Cc4ccccc4)CC3)O2)cc1. The summed E-state index contributed by atoms with van der Waals surface area (Å²) in [6.45, 7) is 3.44. The first-order chi connectivity index (χ1) is 21.9. The van der Waals surface area contributed by atoms with Crippen molar-refractivity contribution in [3.63, 3.8) is 0 Å². The van der Waals surface area contributed by atoms with Crippen LogP contribution in [0.3, 0.4) is 0 Å². The minimum atomic E-state index is -3.86. The van der Waals surface area contributed by atoms with Crippen LogP contribution in [0.5, 0.6) is 5.75 Å². The molecule has 0 aromatic heterocycles. The van der Waals surface area contributed by atoms with Crippen molar-refractivity contribution in [3.05, 3.63) is 72.0 Å². The smallest absolute Gasteiger partial charge is 0.288 e. The predicted octanol–water partition coefficient (Wildman–Crippen LogP) is 3.87. The van der Waals surface area contributed by atoms with Gasteiger partial charge in [0, 0.05) is 52.2 Å². The summed E-state index contributed by atoms with van der Waals surface area (Å²) >= 11 is 0. The first kappa shape index (κ1) is 33.4. The largest absolute Gasteiger partial charge is 0.497 e. The lowest BCUT2D eigenvalue weighted by molar-refractivity contribution is -0.158. The maximum atomic E-state index is 13.7. The molecule has 1 saturated carbocycles. The van der Waals surface area contributed by atoms with Gasteiger partial charge in [-0.05, 0) is 60.6 Å². The predicted molar refractivity (Wildman–Crippen MR) is 171 cm³/mol. The summed E-state index contributed by atoms with van der Waals surface area (Å²) in [5.41, 5.74) is 1.26. The number of benzene rings is 2. The molecule has 2 atom stereocenters. The van der Waals surface area contributed by atoms with Gasteiger partial charge in [0.25, 0.3) is 5.91 Å². The molecule has 2 fully saturated rings. The number of nitrogens with zero attached hydrogens (tertiary/aromatic N) is 3. The number of allylic oxidation sites excluding steroid dienone is 1. The van der Waals surface area contributed by atoms with E-state index in [0.29, 0.717) is 36.9 Å². The number of piperazine rings is 1. The van der Waals surface area contributed by atoms with Crippen LogP contribution in [0.25, 0.3) is 0 Å². The third kappa shape index (κ3) is 8.86. The zero-order valence-electron chi connectivity index (χ0n) is 26.3. The molecule has 2 aliphatic heterocycles. The van der Waals surface area contributed by atoms with Crippen molar-refractivity contribution >= 4 is 15.9 Å². The average Bonchev–Trinajstić information content (AvgIpc) is 3.08. The molecule has 246 valence electrons. The van der Waals surface area contributed by atoms with Crippen molar-refractivity contribution in [3.8, 4) is 5.75 Å². The Labute approximate surface area is 267 Å². The summed E-state index contributed by atoms with van der Waals surface area (Å²) in [5.74, 6) is 1.43. The van der Waals surface area contributed by atoms with Crippen molar-refractivity contribution in [2.24, 2.45) is 11.8 Å². The quantitative estimate of drug-likeness (QED) is 0.351. The van der Waals surface area contributed by atoms with Gasteiger partial charge in [0.05, 0.1) is 25.2 Å². The van der Waals surface area contributed by atoms with E-state index in [1.165, 1.54) is 48.4 Å². The molecule has 1 aliphatic carbocycles. The zero-order chi connectivity index (χ0) is 31.6. The van der Waals surface area contributed by atoms with Gasteiger partial charge in [-0.15, -0.1) is 0 Å². The Morgan fingerprint density at radius 2 is 1.69 bits per heavy atom. The van der Waals surface area contributed by atoms with Gasteiger partial charge >= 0.3 is 0 Å². The fourth-order valence-electron chi connectivity index (χ4n) is 6.58. The highest BCUT2D eigenvalue weighted by molar-refractivity contribution is 7.89. The molecule has 1 saturated heterocycles. The minimum absolute atomic E-state index is 0.0409. The van der Waals surface area contributed by atoms with Crippen molar-refractivity contribution in [2.45, 2.75) is 56.3 Å². The number of hydrogen-bond acceptors (Lipinski definition) is 8. The summed E-state index contributed by atoms with van der Waals surface area (Å²) in [6, 6.07) is 16.5. The van der Waals surface area contributed by atoms with Crippen molar-refractivity contribution < 1.29 is 32.5 Å². The van der Waals surface area contributed by atoms with Crippen LogP contribution >= 0.6 is 0 Å². The van der Waals surface area contributed by atoms with Crippen LogP contribution < -0.4 is 4.74 Å². The van der Waals surface area contributed by atoms with Crippen LogP contribution in [-0.4, -0.2) is 99.4 Å². The van der Waals surface area contributed by atoms with Crippen LogP contribution in [0.4, 0.5) is 0 Å². The average molecular weight is 642 g/mol. The Morgan fingerprint density at radius 1 is 0.978 bits per heavy atom. The van der Waals surface area contributed by atoms with Gasteiger partial charge in [0.15, 0.2) is 5.76 Å². The summed E-state index contributed by atoms with van der Waals surface area (Å²) in [6.07, 6.45) is 7.86. The number of ether oxygens (including phenoxy) is 3. The van der Waals surface area contributed by atoms with Crippen molar-refractivity contribution in [1.82, 2.24) is 14.1 Å². The Morgan fingerprint density at radius 3 is 2.36 bits per heavy atom. The van der Waals surface area contributed by atoms with Gasteiger partial charge < -0.3 is 24.2 Å². The number of sulfonamides is 1. The van der Waals surface area contributed by atoms with Crippen molar-refractivity contribution in [2.75, 3.05) is 59.6 Å². The fourth-order valence-corrected chi connectivity index (χ4v) is 8.00. The molecule has 1 N–H and O–H groups in total. The lowest BCUT2D eigenvalue weighted by atomic mass is 9.77. The van der Waals surface area contributed by atoms with E-state index >= 15 is 0 Å². The molecule has 11 heteroatoms. The van der Waals surface area contributed by atoms with Crippen LogP contribution in [0.15, 0.2) is 71.3 Å². The normalized spacial score (nSPS) is 21.8. The van der Waals surface area contributed by atoms with E-state index in [2.05, 4.69) is 17.0 Å². The van der Waals surface area contributed by atoms with E-state index < -0.39 is 16.3 Å². The lowest BCUT2D eigenvalue weighted by Crippen LogP contribution is -2.49. The van der Waals surface area contributed by atoms with E-state index in [1.807, 2.05) is 29.2 Å². The third-order valence-corrected chi connectivity index (χ3v) is 11.1. The topological polar surface area (TPSA) is 109 Å². The highest BCUT2D eigenvalue weighted by Crippen LogP contribution is 2.37. The molecule has 2 aromatic carbocycles. The lowest BCUT2D eigenvalue weighted by Gasteiger charge is -2.38. The molecule has 0 spiro atoms. The number of amides is 1. The van der Waals surface area contributed by atoms with Gasteiger partial charge in [-0.25, -0.2) is 8.42 Å². The van der Waals surface area contributed by atoms with Gasteiger partial charge in [-0.1, -0.05) is 49.6 Å².